The number of hydrogen-bond donors (Lipinski definition) is 1. The van der Waals surface area contributed by atoms with Crippen molar-refractivity contribution in [1.82, 2.24) is 24.9 Å². The molecule has 3 aromatic rings. The summed E-state index contributed by atoms with van der Waals surface area (Å²) >= 11 is 0. The van der Waals surface area contributed by atoms with Gasteiger partial charge in [0.25, 0.3) is 5.78 Å². The van der Waals surface area contributed by atoms with Crippen LogP contribution in [0.5, 0.6) is 5.75 Å². The van der Waals surface area contributed by atoms with Gasteiger partial charge in [0.2, 0.25) is 5.91 Å². The number of halogens is 2. The number of carbonyl (C=O) groups excluding carboxylic acids is 1. The maximum atomic E-state index is 12.1. The van der Waals surface area contributed by atoms with E-state index in [1.165, 1.54) is 18.5 Å². The fourth-order valence-corrected chi connectivity index (χ4v) is 2.83. The van der Waals surface area contributed by atoms with Gasteiger partial charge in [0.1, 0.15) is 12.1 Å². The molecule has 0 radical (unpaired) electrons. The molecule has 2 aromatic heterocycles. The molecule has 0 saturated carbocycles. The van der Waals surface area contributed by atoms with Crippen LogP contribution in [0.1, 0.15) is 28.9 Å². The molecule has 0 unspecified atom stereocenters. The van der Waals surface area contributed by atoms with Crippen LogP contribution < -0.4 is 10.1 Å². The van der Waals surface area contributed by atoms with Crippen molar-refractivity contribution in [3.05, 3.63) is 53.1 Å². The van der Waals surface area contributed by atoms with E-state index in [0.29, 0.717) is 25.2 Å². The molecule has 0 bridgehead atoms. The van der Waals surface area contributed by atoms with Crippen molar-refractivity contribution in [1.29, 1.82) is 0 Å². The zero-order valence-electron chi connectivity index (χ0n) is 14.9. The van der Waals surface area contributed by atoms with Crippen molar-refractivity contribution < 1.29 is 18.3 Å². The highest BCUT2D eigenvalue weighted by Crippen LogP contribution is 2.16. The zero-order chi connectivity index (χ0) is 19.4. The third-order valence-electron chi connectivity index (χ3n) is 4.23. The predicted octanol–water partition coefficient (Wildman–Crippen LogP) is 2.59. The Hall–Kier alpha value is -3.10. The number of carbonyl (C=O) groups is 1. The molecule has 1 N–H and O–H groups in total. The molecular weight excluding hydrogens is 356 g/mol. The summed E-state index contributed by atoms with van der Waals surface area (Å²) in [6, 6.07) is 6.16. The Bertz CT molecular complexity index is 941. The van der Waals surface area contributed by atoms with Gasteiger partial charge >= 0.3 is 6.61 Å². The molecule has 0 saturated heterocycles. The second-order valence-electron chi connectivity index (χ2n) is 6.03. The van der Waals surface area contributed by atoms with Crippen LogP contribution in [-0.2, 0) is 17.8 Å². The van der Waals surface area contributed by atoms with Gasteiger partial charge in [-0.25, -0.2) is 9.50 Å². The van der Waals surface area contributed by atoms with Gasteiger partial charge in [-0.2, -0.15) is 18.9 Å². The molecule has 0 atom stereocenters. The number of ether oxygens (including phenoxy) is 1. The van der Waals surface area contributed by atoms with Gasteiger partial charge in [0.15, 0.2) is 0 Å². The van der Waals surface area contributed by atoms with E-state index in [2.05, 4.69) is 25.1 Å². The Labute approximate surface area is 154 Å². The van der Waals surface area contributed by atoms with Gasteiger partial charge in [-0.15, -0.1) is 0 Å². The lowest BCUT2D eigenvalue weighted by Crippen LogP contribution is -2.23. The van der Waals surface area contributed by atoms with E-state index < -0.39 is 6.61 Å². The molecule has 142 valence electrons. The van der Waals surface area contributed by atoms with Crippen LogP contribution in [0, 0.1) is 13.8 Å². The third-order valence-corrected chi connectivity index (χ3v) is 4.23. The van der Waals surface area contributed by atoms with Crippen molar-refractivity contribution in [3.8, 4) is 5.75 Å². The number of aryl methyl sites for hydroxylation is 2. The maximum Gasteiger partial charge on any atom is 0.387 e. The summed E-state index contributed by atoms with van der Waals surface area (Å²) in [5.41, 5.74) is 3.51. The van der Waals surface area contributed by atoms with E-state index in [1.807, 2.05) is 13.8 Å². The average Bonchev–Trinajstić information content (AvgIpc) is 3.09. The summed E-state index contributed by atoms with van der Waals surface area (Å²) < 4.78 is 30.2. The minimum atomic E-state index is -2.85. The molecule has 7 nitrogen and oxygen atoms in total. The van der Waals surface area contributed by atoms with Crippen LogP contribution in [0.25, 0.3) is 5.78 Å². The molecule has 0 aliphatic heterocycles. The minimum absolute atomic E-state index is 0.0852. The highest BCUT2D eigenvalue weighted by molar-refractivity contribution is 5.76. The summed E-state index contributed by atoms with van der Waals surface area (Å²) in [5, 5.41) is 6.95. The van der Waals surface area contributed by atoms with Crippen molar-refractivity contribution >= 4 is 11.7 Å². The second-order valence-corrected chi connectivity index (χ2v) is 6.03. The van der Waals surface area contributed by atoms with Crippen molar-refractivity contribution in [3.63, 3.8) is 0 Å². The standard InChI is InChI=1S/C18H19F2N5O2/c1-11-15(12(2)25-18(24-11)22-10-23-25)7-8-16(26)21-9-13-3-5-14(6-4-13)27-17(19)20/h3-6,10,17H,7-9H2,1-2H3,(H,21,26). The van der Waals surface area contributed by atoms with Crippen molar-refractivity contribution in [2.24, 2.45) is 0 Å². The number of nitrogens with zero attached hydrogens (tertiary/aromatic N) is 4. The molecular formula is C18H19F2N5O2. The van der Waals surface area contributed by atoms with Crippen LogP contribution in [0.3, 0.4) is 0 Å². The number of fused-ring (bicyclic) bond motifs is 1. The van der Waals surface area contributed by atoms with Gasteiger partial charge in [-0.1, -0.05) is 12.1 Å². The normalized spacial score (nSPS) is 11.1. The summed E-state index contributed by atoms with van der Waals surface area (Å²) in [6.07, 6.45) is 2.28. The van der Waals surface area contributed by atoms with E-state index in [4.69, 9.17) is 0 Å². The van der Waals surface area contributed by atoms with E-state index >= 15 is 0 Å². The Balaban J connectivity index is 1.54. The average molecular weight is 375 g/mol. The largest absolute Gasteiger partial charge is 0.435 e. The predicted molar refractivity (Wildman–Crippen MR) is 93.5 cm³/mol. The van der Waals surface area contributed by atoms with E-state index in [1.54, 1.807) is 16.6 Å². The quantitative estimate of drug-likeness (QED) is 0.686. The SMILES string of the molecule is Cc1nc2ncnn2c(C)c1CCC(=O)NCc1ccc(OC(F)F)cc1. The number of rotatable bonds is 7. The number of hydrogen-bond acceptors (Lipinski definition) is 5. The summed E-state index contributed by atoms with van der Waals surface area (Å²) in [4.78, 5) is 20.6. The monoisotopic (exact) mass is 375 g/mol. The van der Waals surface area contributed by atoms with Gasteiger partial charge in [0.05, 0.1) is 0 Å². The lowest BCUT2D eigenvalue weighted by atomic mass is 10.1. The molecule has 27 heavy (non-hydrogen) atoms. The molecule has 0 aliphatic rings. The first-order chi connectivity index (χ1) is 12.9. The summed E-state index contributed by atoms with van der Waals surface area (Å²) in [7, 11) is 0. The Morgan fingerprint density at radius 3 is 2.70 bits per heavy atom. The Kier molecular flexibility index (Phi) is 5.58. The lowest BCUT2D eigenvalue weighted by molar-refractivity contribution is -0.121. The molecule has 0 fully saturated rings. The first-order valence-corrected chi connectivity index (χ1v) is 8.40. The van der Waals surface area contributed by atoms with Crippen LogP contribution in [0.15, 0.2) is 30.6 Å². The summed E-state index contributed by atoms with van der Waals surface area (Å²) in [5.74, 6) is 0.514. The molecule has 0 aliphatic carbocycles. The number of amides is 1. The molecule has 2 heterocycles. The highest BCUT2D eigenvalue weighted by Gasteiger charge is 2.12. The van der Waals surface area contributed by atoms with Gasteiger partial charge < -0.3 is 10.1 Å². The third kappa shape index (κ3) is 4.55. The zero-order valence-corrected chi connectivity index (χ0v) is 14.9. The van der Waals surface area contributed by atoms with E-state index in [9.17, 15) is 13.6 Å². The first-order valence-electron chi connectivity index (χ1n) is 8.40. The van der Waals surface area contributed by atoms with Crippen molar-refractivity contribution in [2.75, 3.05) is 0 Å². The van der Waals surface area contributed by atoms with Gasteiger partial charge in [0, 0.05) is 24.4 Å². The fourth-order valence-electron chi connectivity index (χ4n) is 2.83. The van der Waals surface area contributed by atoms with E-state index in [0.717, 1.165) is 22.5 Å². The maximum absolute atomic E-state index is 12.1. The highest BCUT2D eigenvalue weighted by atomic mass is 19.3. The first kappa shape index (κ1) is 18.7. The van der Waals surface area contributed by atoms with Crippen LogP contribution >= 0.6 is 0 Å². The second kappa shape index (κ2) is 8.07. The van der Waals surface area contributed by atoms with E-state index in [-0.39, 0.29) is 11.7 Å². The van der Waals surface area contributed by atoms with Crippen molar-refractivity contribution in [2.45, 2.75) is 39.8 Å². The number of aromatic nitrogens is 4. The molecule has 0 spiro atoms. The molecule has 1 amide bonds. The minimum Gasteiger partial charge on any atom is -0.435 e. The molecule has 1 aromatic carbocycles. The molecule has 3 rings (SSSR count). The number of nitrogens with one attached hydrogen (secondary N) is 1. The van der Waals surface area contributed by atoms with Gasteiger partial charge in [-0.05, 0) is 43.5 Å². The lowest BCUT2D eigenvalue weighted by Gasteiger charge is -2.11. The topological polar surface area (TPSA) is 81.4 Å². The molecule has 9 heteroatoms. The Morgan fingerprint density at radius 2 is 2.00 bits per heavy atom. The van der Waals surface area contributed by atoms with Crippen LogP contribution in [0.2, 0.25) is 0 Å². The fraction of sp³-hybridized carbons (Fsp3) is 0.333. The smallest absolute Gasteiger partial charge is 0.387 e. The number of benzene rings is 1. The Morgan fingerprint density at radius 1 is 1.26 bits per heavy atom. The van der Waals surface area contributed by atoms with Gasteiger partial charge in [-0.3, -0.25) is 4.79 Å². The number of alkyl halides is 2. The van der Waals surface area contributed by atoms with Crippen LogP contribution in [0.4, 0.5) is 8.78 Å². The summed E-state index contributed by atoms with van der Waals surface area (Å²) in [6.45, 7) is 1.27. The van der Waals surface area contributed by atoms with Crippen LogP contribution in [-0.4, -0.2) is 32.1 Å².